The highest BCUT2D eigenvalue weighted by Crippen LogP contribution is 2.24. The van der Waals surface area contributed by atoms with Crippen LogP contribution in [0.2, 0.25) is 0 Å². The lowest BCUT2D eigenvalue weighted by atomic mass is 10.0. The third-order valence-corrected chi connectivity index (χ3v) is 3.38. The highest BCUT2D eigenvalue weighted by atomic mass is 16.4. The second kappa shape index (κ2) is 5.25. The lowest BCUT2D eigenvalue weighted by molar-refractivity contribution is 0.609. The predicted octanol–water partition coefficient (Wildman–Crippen LogP) is 3.63. The van der Waals surface area contributed by atoms with Gasteiger partial charge in [-0.1, -0.05) is 43.3 Å². The van der Waals surface area contributed by atoms with E-state index in [0.717, 1.165) is 6.54 Å². The fourth-order valence-electron chi connectivity index (χ4n) is 2.19. The lowest BCUT2D eigenvalue weighted by Crippen LogP contribution is -2.09. The van der Waals surface area contributed by atoms with Crippen LogP contribution in [0.3, 0.4) is 0 Å². The summed E-state index contributed by atoms with van der Waals surface area (Å²) in [6.07, 6.45) is 0. The van der Waals surface area contributed by atoms with E-state index in [0.29, 0.717) is 28.7 Å². The summed E-state index contributed by atoms with van der Waals surface area (Å²) in [7, 11) is 0. The van der Waals surface area contributed by atoms with Gasteiger partial charge in [-0.2, -0.15) is 4.98 Å². The molecule has 0 fully saturated rings. The van der Waals surface area contributed by atoms with Gasteiger partial charge in [0.2, 0.25) is 0 Å². The number of anilines is 2. The Morgan fingerprint density at radius 2 is 1.95 bits per heavy atom. The van der Waals surface area contributed by atoms with E-state index in [4.69, 9.17) is 10.2 Å². The number of nitrogens with two attached hydrogens (primary N) is 1. The molecule has 0 aliphatic rings. The zero-order chi connectivity index (χ0) is 13.9. The Morgan fingerprint density at radius 3 is 2.70 bits per heavy atom. The van der Waals surface area contributed by atoms with Crippen molar-refractivity contribution in [3.8, 4) is 0 Å². The summed E-state index contributed by atoms with van der Waals surface area (Å²) in [5.41, 5.74) is 9.21. The highest BCUT2D eigenvalue weighted by molar-refractivity contribution is 5.86. The number of oxazole rings is 1. The Morgan fingerprint density at radius 1 is 1.15 bits per heavy atom. The third-order valence-electron chi connectivity index (χ3n) is 3.38. The number of hydrogen-bond acceptors (Lipinski definition) is 4. The minimum absolute atomic E-state index is 0.378. The molecule has 0 radical (unpaired) electrons. The summed E-state index contributed by atoms with van der Waals surface area (Å²) >= 11 is 0. The average Bonchev–Trinajstić information content (AvgIpc) is 2.90. The highest BCUT2D eigenvalue weighted by Gasteiger charge is 2.10. The molecule has 0 aliphatic carbocycles. The number of nitrogens with zero attached hydrogens (tertiary/aromatic N) is 1. The number of aromatic nitrogens is 1. The van der Waals surface area contributed by atoms with Gasteiger partial charge < -0.3 is 15.5 Å². The molecular weight excluding hydrogens is 250 g/mol. The molecule has 4 heteroatoms. The molecule has 4 nitrogen and oxygen atoms in total. The van der Waals surface area contributed by atoms with Crippen molar-refractivity contribution < 1.29 is 4.42 Å². The number of benzene rings is 2. The van der Waals surface area contributed by atoms with Crippen molar-refractivity contribution in [2.24, 2.45) is 0 Å². The molecule has 0 spiro atoms. The molecule has 0 saturated heterocycles. The third kappa shape index (κ3) is 2.45. The van der Waals surface area contributed by atoms with Crippen molar-refractivity contribution in [1.29, 1.82) is 0 Å². The fraction of sp³-hybridized carbons (Fsp3) is 0.188. The zero-order valence-corrected chi connectivity index (χ0v) is 11.3. The number of nitrogens with one attached hydrogen (secondary N) is 1. The first kappa shape index (κ1) is 12.5. The van der Waals surface area contributed by atoms with E-state index >= 15 is 0 Å². The van der Waals surface area contributed by atoms with Crippen LogP contribution < -0.4 is 11.1 Å². The second-order valence-corrected chi connectivity index (χ2v) is 4.91. The summed E-state index contributed by atoms with van der Waals surface area (Å²) < 4.78 is 5.63. The van der Waals surface area contributed by atoms with Crippen molar-refractivity contribution in [2.75, 3.05) is 17.6 Å². The van der Waals surface area contributed by atoms with Crippen LogP contribution >= 0.6 is 0 Å². The molecule has 1 unspecified atom stereocenters. The Bertz CT molecular complexity index is 706. The molecule has 1 heterocycles. The van der Waals surface area contributed by atoms with E-state index in [9.17, 15) is 0 Å². The van der Waals surface area contributed by atoms with E-state index in [1.165, 1.54) is 5.56 Å². The van der Waals surface area contributed by atoms with Gasteiger partial charge in [0.1, 0.15) is 5.52 Å². The molecule has 2 aromatic carbocycles. The number of para-hydroxylation sites is 1. The maximum Gasteiger partial charge on any atom is 0.295 e. The molecular formula is C16H17N3O. The maximum absolute atomic E-state index is 5.87. The quantitative estimate of drug-likeness (QED) is 0.708. The molecule has 3 rings (SSSR count). The van der Waals surface area contributed by atoms with Crippen LogP contribution in [0.15, 0.2) is 52.9 Å². The van der Waals surface area contributed by atoms with Crippen LogP contribution in [-0.4, -0.2) is 11.5 Å². The maximum atomic E-state index is 5.87. The second-order valence-electron chi connectivity index (χ2n) is 4.91. The molecule has 1 aromatic heterocycles. The minimum Gasteiger partial charge on any atom is -0.423 e. The van der Waals surface area contributed by atoms with Crippen molar-refractivity contribution in [1.82, 2.24) is 4.98 Å². The number of fused-ring (bicyclic) bond motifs is 1. The van der Waals surface area contributed by atoms with Gasteiger partial charge in [0, 0.05) is 6.54 Å². The molecule has 0 amide bonds. The topological polar surface area (TPSA) is 64.1 Å². The fourth-order valence-corrected chi connectivity index (χ4v) is 2.19. The van der Waals surface area contributed by atoms with Crippen LogP contribution in [-0.2, 0) is 0 Å². The molecule has 0 aliphatic heterocycles. The van der Waals surface area contributed by atoms with Gasteiger partial charge in [0.05, 0.1) is 5.69 Å². The average molecular weight is 267 g/mol. The van der Waals surface area contributed by atoms with Crippen LogP contribution in [0.4, 0.5) is 11.7 Å². The lowest BCUT2D eigenvalue weighted by Gasteiger charge is -2.11. The summed E-state index contributed by atoms with van der Waals surface area (Å²) in [5, 5.41) is 3.23. The summed E-state index contributed by atoms with van der Waals surface area (Å²) in [5.74, 6) is 0.378. The summed E-state index contributed by atoms with van der Waals surface area (Å²) in [6.45, 7) is 2.93. The van der Waals surface area contributed by atoms with Crippen molar-refractivity contribution in [3.63, 3.8) is 0 Å². The SMILES string of the molecule is CC(CNc1nc2c(N)cccc2o1)c1ccccc1. The van der Waals surface area contributed by atoms with Gasteiger partial charge in [0.15, 0.2) is 5.58 Å². The van der Waals surface area contributed by atoms with Gasteiger partial charge in [0.25, 0.3) is 6.01 Å². The van der Waals surface area contributed by atoms with Gasteiger partial charge in [-0.3, -0.25) is 0 Å². The largest absolute Gasteiger partial charge is 0.423 e. The van der Waals surface area contributed by atoms with Gasteiger partial charge in [-0.15, -0.1) is 0 Å². The van der Waals surface area contributed by atoms with E-state index in [-0.39, 0.29) is 0 Å². The smallest absolute Gasteiger partial charge is 0.295 e. The van der Waals surface area contributed by atoms with E-state index in [2.05, 4.69) is 29.4 Å². The van der Waals surface area contributed by atoms with Crippen molar-refractivity contribution >= 4 is 22.8 Å². The first-order chi connectivity index (χ1) is 9.74. The molecule has 1 atom stereocenters. The van der Waals surface area contributed by atoms with Crippen LogP contribution in [0.5, 0.6) is 0 Å². The monoisotopic (exact) mass is 267 g/mol. The summed E-state index contributed by atoms with van der Waals surface area (Å²) in [4.78, 5) is 4.38. The predicted molar refractivity (Wildman–Crippen MR) is 81.8 cm³/mol. The zero-order valence-electron chi connectivity index (χ0n) is 11.3. The number of nitrogen functional groups attached to an aromatic ring is 1. The molecule has 0 bridgehead atoms. The molecule has 20 heavy (non-hydrogen) atoms. The molecule has 3 aromatic rings. The Balaban J connectivity index is 1.72. The molecule has 0 saturated carbocycles. The van der Waals surface area contributed by atoms with Gasteiger partial charge in [-0.05, 0) is 23.6 Å². The van der Waals surface area contributed by atoms with E-state index in [1.54, 1.807) is 0 Å². The van der Waals surface area contributed by atoms with Crippen LogP contribution in [0.25, 0.3) is 11.1 Å². The number of rotatable bonds is 4. The van der Waals surface area contributed by atoms with Crippen LogP contribution in [0.1, 0.15) is 18.4 Å². The Hall–Kier alpha value is -2.49. The number of hydrogen-bond donors (Lipinski definition) is 2. The molecule has 102 valence electrons. The molecule has 3 N–H and O–H groups in total. The van der Waals surface area contributed by atoms with Gasteiger partial charge in [-0.25, -0.2) is 0 Å². The van der Waals surface area contributed by atoms with Crippen molar-refractivity contribution in [3.05, 3.63) is 54.1 Å². The van der Waals surface area contributed by atoms with Gasteiger partial charge >= 0.3 is 0 Å². The van der Waals surface area contributed by atoms with E-state index in [1.807, 2.05) is 36.4 Å². The standard InChI is InChI=1S/C16H17N3O/c1-11(12-6-3-2-4-7-12)10-18-16-19-15-13(17)8-5-9-14(15)20-16/h2-9,11H,10,17H2,1H3,(H,18,19). The Labute approximate surface area is 117 Å². The van der Waals surface area contributed by atoms with Crippen molar-refractivity contribution in [2.45, 2.75) is 12.8 Å². The summed E-state index contributed by atoms with van der Waals surface area (Å²) in [6, 6.07) is 16.4. The normalized spacial score (nSPS) is 12.4. The first-order valence-electron chi connectivity index (χ1n) is 6.68. The van der Waals surface area contributed by atoms with Crippen LogP contribution in [0, 0.1) is 0 Å². The Kier molecular flexibility index (Phi) is 3.29. The van der Waals surface area contributed by atoms with E-state index < -0.39 is 0 Å². The first-order valence-corrected chi connectivity index (χ1v) is 6.68. The minimum atomic E-state index is 0.378.